The number of ether oxygens (including phenoxy) is 1. The Morgan fingerprint density at radius 2 is 2.16 bits per heavy atom. The molecule has 4 heterocycles. The monoisotopic (exact) mass is 341 g/mol. The van der Waals surface area contributed by atoms with Gasteiger partial charge in [0.1, 0.15) is 5.69 Å². The fourth-order valence-electron chi connectivity index (χ4n) is 4.01. The van der Waals surface area contributed by atoms with Crippen molar-refractivity contribution in [1.82, 2.24) is 24.6 Å². The molecule has 0 bridgehead atoms. The van der Waals surface area contributed by atoms with Gasteiger partial charge in [-0.3, -0.25) is 19.4 Å². The molecule has 132 valence electrons. The van der Waals surface area contributed by atoms with Crippen molar-refractivity contribution >= 4 is 5.91 Å². The van der Waals surface area contributed by atoms with E-state index in [0.29, 0.717) is 11.6 Å². The van der Waals surface area contributed by atoms with Crippen LogP contribution in [0.1, 0.15) is 35.4 Å². The van der Waals surface area contributed by atoms with E-state index >= 15 is 0 Å². The van der Waals surface area contributed by atoms with E-state index < -0.39 is 0 Å². The van der Waals surface area contributed by atoms with Gasteiger partial charge in [0.15, 0.2) is 0 Å². The van der Waals surface area contributed by atoms with Crippen molar-refractivity contribution in [2.24, 2.45) is 13.0 Å². The highest BCUT2D eigenvalue weighted by atomic mass is 16.5. The van der Waals surface area contributed by atoms with Gasteiger partial charge in [-0.15, -0.1) is 0 Å². The Kier molecular flexibility index (Phi) is 4.25. The number of carbonyl (C=O) groups is 1. The average Bonchev–Trinajstić information content (AvgIpc) is 3.23. The number of amides is 1. The zero-order valence-corrected chi connectivity index (χ0v) is 14.5. The van der Waals surface area contributed by atoms with Gasteiger partial charge in [-0.1, -0.05) is 0 Å². The van der Waals surface area contributed by atoms with Crippen LogP contribution in [0.15, 0.2) is 30.9 Å². The van der Waals surface area contributed by atoms with Crippen LogP contribution in [0.4, 0.5) is 0 Å². The smallest absolute Gasteiger partial charge is 0.272 e. The molecule has 4 rings (SSSR count). The number of likely N-dealkylation sites (tertiary alicyclic amines) is 1. The normalized spacial score (nSPS) is 22.4. The number of aryl methyl sites for hydroxylation is 1. The highest BCUT2D eigenvalue weighted by Crippen LogP contribution is 2.39. The number of aromatic nitrogens is 4. The first kappa shape index (κ1) is 16.2. The molecule has 0 aromatic carbocycles. The lowest BCUT2D eigenvalue weighted by Gasteiger charge is -2.38. The molecule has 0 saturated carbocycles. The molecule has 0 unspecified atom stereocenters. The van der Waals surface area contributed by atoms with Crippen molar-refractivity contribution in [2.45, 2.75) is 31.3 Å². The molecule has 2 aromatic rings. The molecule has 1 atom stereocenters. The lowest BCUT2D eigenvalue weighted by molar-refractivity contribution is -0.0392. The van der Waals surface area contributed by atoms with Crippen molar-refractivity contribution < 1.29 is 9.53 Å². The molecule has 0 radical (unpaired) electrons. The van der Waals surface area contributed by atoms with Crippen LogP contribution in [0.25, 0.3) is 0 Å². The predicted octanol–water partition coefficient (Wildman–Crippen LogP) is 1.46. The summed E-state index contributed by atoms with van der Waals surface area (Å²) < 4.78 is 7.84. The molecule has 2 aliphatic heterocycles. The van der Waals surface area contributed by atoms with Crippen molar-refractivity contribution in [2.75, 3.05) is 19.7 Å². The van der Waals surface area contributed by atoms with Crippen molar-refractivity contribution in [3.05, 3.63) is 42.2 Å². The maximum absolute atomic E-state index is 12.6. The van der Waals surface area contributed by atoms with Gasteiger partial charge in [-0.05, 0) is 37.7 Å². The standard InChI is InChI=1S/C18H23N5O2/c1-22-16(2-5-21-22)17(24)23-8-3-18(4-9-23)11-14(13-25-18)10-15-12-19-6-7-20-15/h2,5-7,12,14H,3-4,8-11,13H2,1H3/t14-/m0/s1. The SMILES string of the molecule is Cn1nccc1C(=O)N1CCC2(CC1)C[C@H](Cc1cnccn1)CO2. The van der Waals surface area contributed by atoms with Gasteiger partial charge in [-0.25, -0.2) is 0 Å². The molecule has 2 saturated heterocycles. The van der Waals surface area contributed by atoms with Gasteiger partial charge in [0.2, 0.25) is 0 Å². The second kappa shape index (κ2) is 6.55. The van der Waals surface area contributed by atoms with E-state index in [1.807, 2.05) is 11.1 Å². The topological polar surface area (TPSA) is 73.1 Å². The van der Waals surface area contributed by atoms with E-state index in [1.165, 1.54) is 0 Å². The number of rotatable bonds is 3. The van der Waals surface area contributed by atoms with Gasteiger partial charge in [0.05, 0.1) is 17.9 Å². The van der Waals surface area contributed by atoms with Crippen LogP contribution in [0.5, 0.6) is 0 Å². The van der Waals surface area contributed by atoms with E-state index in [1.54, 1.807) is 36.4 Å². The fourth-order valence-corrected chi connectivity index (χ4v) is 4.01. The number of carbonyl (C=O) groups excluding carboxylic acids is 1. The maximum Gasteiger partial charge on any atom is 0.272 e. The molecular formula is C18H23N5O2. The third-order valence-electron chi connectivity index (χ3n) is 5.40. The summed E-state index contributed by atoms with van der Waals surface area (Å²) in [6.45, 7) is 2.25. The van der Waals surface area contributed by atoms with Crippen molar-refractivity contribution in [3.8, 4) is 0 Å². The van der Waals surface area contributed by atoms with E-state index in [2.05, 4.69) is 15.1 Å². The Morgan fingerprint density at radius 1 is 1.32 bits per heavy atom. The molecule has 25 heavy (non-hydrogen) atoms. The number of nitrogens with zero attached hydrogens (tertiary/aromatic N) is 5. The van der Waals surface area contributed by atoms with E-state index in [0.717, 1.165) is 51.1 Å². The Balaban J connectivity index is 1.34. The number of hydrogen-bond donors (Lipinski definition) is 0. The maximum atomic E-state index is 12.6. The summed E-state index contributed by atoms with van der Waals surface area (Å²) in [7, 11) is 1.80. The second-order valence-electron chi connectivity index (χ2n) is 7.10. The predicted molar refractivity (Wildman–Crippen MR) is 90.9 cm³/mol. The summed E-state index contributed by atoms with van der Waals surface area (Å²) in [4.78, 5) is 23.0. The van der Waals surface area contributed by atoms with E-state index in [-0.39, 0.29) is 11.5 Å². The summed E-state index contributed by atoms with van der Waals surface area (Å²) in [5.41, 5.74) is 1.59. The number of piperidine rings is 1. The van der Waals surface area contributed by atoms with Gasteiger partial charge < -0.3 is 9.64 Å². The quantitative estimate of drug-likeness (QED) is 0.845. The molecule has 0 N–H and O–H groups in total. The Bertz CT molecular complexity index is 737. The molecule has 7 nitrogen and oxygen atoms in total. The second-order valence-corrected chi connectivity index (χ2v) is 7.10. The molecule has 0 aliphatic carbocycles. The minimum Gasteiger partial charge on any atom is -0.375 e. The van der Waals surface area contributed by atoms with Crippen LogP contribution in [0.2, 0.25) is 0 Å². The van der Waals surface area contributed by atoms with Crippen LogP contribution in [-0.2, 0) is 18.2 Å². The molecular weight excluding hydrogens is 318 g/mol. The molecule has 1 amide bonds. The van der Waals surface area contributed by atoms with Crippen molar-refractivity contribution in [1.29, 1.82) is 0 Å². The van der Waals surface area contributed by atoms with Gasteiger partial charge in [0, 0.05) is 44.9 Å². The Morgan fingerprint density at radius 3 is 2.84 bits per heavy atom. The average molecular weight is 341 g/mol. The fraction of sp³-hybridized carbons (Fsp3) is 0.556. The minimum absolute atomic E-state index is 0.0592. The molecule has 7 heteroatoms. The molecule has 2 aromatic heterocycles. The van der Waals surface area contributed by atoms with Crippen LogP contribution in [-0.4, -0.2) is 55.9 Å². The Hall–Kier alpha value is -2.28. The lowest BCUT2D eigenvalue weighted by Crippen LogP contribution is -2.46. The Labute approximate surface area is 147 Å². The highest BCUT2D eigenvalue weighted by Gasteiger charge is 2.43. The zero-order valence-electron chi connectivity index (χ0n) is 14.5. The van der Waals surface area contributed by atoms with Gasteiger partial charge in [-0.2, -0.15) is 5.10 Å². The van der Waals surface area contributed by atoms with Crippen LogP contribution < -0.4 is 0 Å². The first-order valence-electron chi connectivity index (χ1n) is 8.81. The third kappa shape index (κ3) is 3.28. The number of hydrogen-bond acceptors (Lipinski definition) is 5. The zero-order chi connectivity index (χ0) is 17.3. The van der Waals surface area contributed by atoms with Crippen LogP contribution in [0.3, 0.4) is 0 Å². The highest BCUT2D eigenvalue weighted by molar-refractivity contribution is 5.92. The largest absolute Gasteiger partial charge is 0.375 e. The summed E-state index contributed by atoms with van der Waals surface area (Å²) in [6, 6.07) is 1.77. The minimum atomic E-state index is -0.0733. The van der Waals surface area contributed by atoms with Gasteiger partial charge in [0.25, 0.3) is 5.91 Å². The first-order chi connectivity index (χ1) is 12.2. The summed E-state index contributed by atoms with van der Waals surface area (Å²) in [5.74, 6) is 0.542. The summed E-state index contributed by atoms with van der Waals surface area (Å²) >= 11 is 0. The van der Waals surface area contributed by atoms with E-state index in [4.69, 9.17) is 4.74 Å². The first-order valence-corrected chi connectivity index (χ1v) is 8.81. The lowest BCUT2D eigenvalue weighted by atomic mass is 9.84. The van der Waals surface area contributed by atoms with Crippen molar-refractivity contribution in [3.63, 3.8) is 0 Å². The van der Waals surface area contributed by atoms with Crippen LogP contribution >= 0.6 is 0 Å². The molecule has 1 spiro atoms. The third-order valence-corrected chi connectivity index (χ3v) is 5.40. The summed E-state index contributed by atoms with van der Waals surface area (Å²) in [5, 5.41) is 4.09. The molecule has 2 aliphatic rings. The molecule has 2 fully saturated rings. The van der Waals surface area contributed by atoms with Crippen LogP contribution in [0, 0.1) is 5.92 Å². The summed E-state index contributed by atoms with van der Waals surface area (Å²) in [6.07, 6.45) is 10.7. The van der Waals surface area contributed by atoms with E-state index in [9.17, 15) is 4.79 Å². The van der Waals surface area contributed by atoms with Gasteiger partial charge >= 0.3 is 0 Å².